The summed E-state index contributed by atoms with van der Waals surface area (Å²) < 4.78 is 8.70. The van der Waals surface area contributed by atoms with Gasteiger partial charge in [0, 0.05) is 25.6 Å². The molecular formula is C18H18ClN5O3. The Morgan fingerprint density at radius 2 is 2.19 bits per heavy atom. The lowest BCUT2D eigenvalue weighted by molar-refractivity contribution is 0.0484. The first kappa shape index (κ1) is 16.6. The molecule has 0 atom stereocenters. The first-order valence-electron chi connectivity index (χ1n) is 8.85. The molecule has 1 saturated carbocycles. The van der Waals surface area contributed by atoms with Crippen LogP contribution in [0.4, 0.5) is 11.6 Å². The molecule has 2 aromatic heterocycles. The zero-order valence-electron chi connectivity index (χ0n) is 14.6. The number of benzene rings is 1. The van der Waals surface area contributed by atoms with Crippen LogP contribution in [-0.4, -0.2) is 36.9 Å². The topological polar surface area (TPSA) is 94.2 Å². The summed E-state index contributed by atoms with van der Waals surface area (Å²) in [6.45, 7) is 0.654. The van der Waals surface area contributed by atoms with E-state index in [0.29, 0.717) is 47.3 Å². The van der Waals surface area contributed by atoms with Crippen molar-refractivity contribution in [3.05, 3.63) is 39.4 Å². The standard InChI is InChI=1S/C18H18ClN5O3/c1-23-14-8-20-17(21-13-4-9-2-3-27-15(9)7-12(13)19)22-16(14)24(18(23)26)10-5-11(25)6-10/h4,7-8,10-11,25H,2-3,5-6H2,1H3,(H,20,21,22)/t10-,11-. The van der Waals surface area contributed by atoms with Gasteiger partial charge in [0.05, 0.1) is 29.6 Å². The van der Waals surface area contributed by atoms with Crippen LogP contribution in [0.25, 0.3) is 11.2 Å². The highest BCUT2D eigenvalue weighted by Crippen LogP contribution is 2.36. The van der Waals surface area contributed by atoms with E-state index >= 15 is 0 Å². The summed E-state index contributed by atoms with van der Waals surface area (Å²) in [6.07, 6.45) is 3.22. The molecule has 2 aliphatic rings. The van der Waals surface area contributed by atoms with Crippen LogP contribution in [0.15, 0.2) is 23.1 Å². The maximum Gasteiger partial charge on any atom is 0.330 e. The molecule has 0 amide bonds. The minimum Gasteiger partial charge on any atom is -0.493 e. The number of hydrogen-bond acceptors (Lipinski definition) is 6. The first-order chi connectivity index (χ1) is 13.0. The predicted molar refractivity (Wildman–Crippen MR) is 101 cm³/mol. The smallest absolute Gasteiger partial charge is 0.330 e. The number of aryl methyl sites for hydroxylation is 1. The van der Waals surface area contributed by atoms with Gasteiger partial charge < -0.3 is 15.2 Å². The summed E-state index contributed by atoms with van der Waals surface area (Å²) in [5, 5.41) is 13.3. The number of nitrogens with one attached hydrogen (secondary N) is 1. The Morgan fingerprint density at radius 1 is 1.37 bits per heavy atom. The summed E-state index contributed by atoms with van der Waals surface area (Å²) in [5.41, 5.74) is 2.84. The molecule has 27 heavy (non-hydrogen) atoms. The molecule has 0 bridgehead atoms. The van der Waals surface area contributed by atoms with E-state index in [9.17, 15) is 9.90 Å². The molecule has 140 valence electrons. The highest BCUT2D eigenvalue weighted by atomic mass is 35.5. The van der Waals surface area contributed by atoms with Crippen LogP contribution in [0, 0.1) is 0 Å². The van der Waals surface area contributed by atoms with Crippen molar-refractivity contribution in [2.45, 2.75) is 31.4 Å². The SMILES string of the molecule is Cn1c(=O)n([C@H]2C[C@H](O)C2)c2nc(Nc3cc4c(cc3Cl)OCC4)ncc21. The second-order valence-corrected chi connectivity index (χ2v) is 7.46. The number of rotatable bonds is 3. The third-order valence-corrected chi connectivity index (χ3v) is 5.62. The quantitative estimate of drug-likeness (QED) is 0.715. The van der Waals surface area contributed by atoms with E-state index < -0.39 is 0 Å². The average Bonchev–Trinajstić information content (AvgIpc) is 3.16. The second kappa shape index (κ2) is 5.97. The molecule has 0 spiro atoms. The van der Waals surface area contributed by atoms with Crippen LogP contribution >= 0.6 is 11.6 Å². The van der Waals surface area contributed by atoms with Crippen LogP contribution < -0.4 is 15.7 Å². The number of imidazole rings is 1. The van der Waals surface area contributed by atoms with Gasteiger partial charge in [-0.1, -0.05) is 11.6 Å². The third-order valence-electron chi connectivity index (χ3n) is 5.31. The fourth-order valence-electron chi connectivity index (χ4n) is 3.71. The lowest BCUT2D eigenvalue weighted by Gasteiger charge is -2.31. The van der Waals surface area contributed by atoms with E-state index in [4.69, 9.17) is 16.3 Å². The monoisotopic (exact) mass is 387 g/mol. The average molecular weight is 388 g/mol. The van der Waals surface area contributed by atoms with Crippen LogP contribution in [-0.2, 0) is 13.5 Å². The van der Waals surface area contributed by atoms with Crippen molar-refractivity contribution in [1.29, 1.82) is 0 Å². The van der Waals surface area contributed by atoms with Crippen molar-refractivity contribution in [1.82, 2.24) is 19.1 Å². The zero-order chi connectivity index (χ0) is 18.7. The van der Waals surface area contributed by atoms with E-state index in [1.807, 2.05) is 6.07 Å². The molecule has 1 fully saturated rings. The van der Waals surface area contributed by atoms with Gasteiger partial charge >= 0.3 is 5.69 Å². The van der Waals surface area contributed by atoms with Crippen LogP contribution in [0.2, 0.25) is 5.02 Å². The van der Waals surface area contributed by atoms with Crippen molar-refractivity contribution in [2.24, 2.45) is 7.05 Å². The maximum absolute atomic E-state index is 12.6. The minimum absolute atomic E-state index is 0.0420. The molecule has 9 heteroatoms. The maximum atomic E-state index is 12.6. The molecule has 5 rings (SSSR count). The Morgan fingerprint density at radius 3 is 2.96 bits per heavy atom. The summed E-state index contributed by atoms with van der Waals surface area (Å²) in [4.78, 5) is 21.5. The number of halogens is 1. The van der Waals surface area contributed by atoms with Crippen molar-refractivity contribution in [2.75, 3.05) is 11.9 Å². The van der Waals surface area contributed by atoms with Crippen LogP contribution in [0.5, 0.6) is 5.75 Å². The van der Waals surface area contributed by atoms with Gasteiger partial charge in [-0.05, 0) is 24.5 Å². The number of hydrogen-bond donors (Lipinski definition) is 2. The predicted octanol–water partition coefficient (Wildman–Crippen LogP) is 2.16. The normalized spacial score (nSPS) is 21.0. The van der Waals surface area contributed by atoms with Gasteiger partial charge in [0.2, 0.25) is 5.95 Å². The largest absolute Gasteiger partial charge is 0.493 e. The summed E-state index contributed by atoms with van der Waals surface area (Å²) >= 11 is 6.35. The molecule has 2 N–H and O–H groups in total. The molecule has 0 radical (unpaired) electrons. The molecule has 3 aromatic rings. The Balaban J connectivity index is 1.55. The van der Waals surface area contributed by atoms with E-state index in [0.717, 1.165) is 17.7 Å². The summed E-state index contributed by atoms with van der Waals surface area (Å²) in [5.74, 6) is 1.17. The van der Waals surface area contributed by atoms with E-state index in [1.54, 1.807) is 23.9 Å². The number of fused-ring (bicyclic) bond motifs is 2. The van der Waals surface area contributed by atoms with Crippen molar-refractivity contribution in [3.63, 3.8) is 0 Å². The van der Waals surface area contributed by atoms with Crippen molar-refractivity contribution < 1.29 is 9.84 Å². The number of anilines is 2. The molecule has 1 aromatic carbocycles. The minimum atomic E-state index is -0.357. The number of aliphatic hydroxyl groups excluding tert-OH is 1. The molecule has 0 saturated heterocycles. The fourth-order valence-corrected chi connectivity index (χ4v) is 3.91. The Bertz CT molecular complexity index is 1120. The Kier molecular flexibility index (Phi) is 3.66. The van der Waals surface area contributed by atoms with E-state index in [2.05, 4.69) is 15.3 Å². The van der Waals surface area contributed by atoms with Crippen LogP contribution in [0.3, 0.4) is 0 Å². The van der Waals surface area contributed by atoms with Gasteiger partial charge in [-0.3, -0.25) is 9.13 Å². The number of nitrogens with zero attached hydrogens (tertiary/aromatic N) is 4. The van der Waals surface area contributed by atoms with Gasteiger partial charge in [-0.15, -0.1) is 0 Å². The number of ether oxygens (including phenoxy) is 1. The molecule has 1 aliphatic heterocycles. The summed E-state index contributed by atoms with van der Waals surface area (Å²) in [6, 6.07) is 3.69. The first-order valence-corrected chi connectivity index (χ1v) is 9.23. The lowest BCUT2D eigenvalue weighted by Crippen LogP contribution is -2.37. The van der Waals surface area contributed by atoms with E-state index in [-0.39, 0.29) is 17.8 Å². The lowest BCUT2D eigenvalue weighted by atomic mass is 9.89. The van der Waals surface area contributed by atoms with E-state index in [1.165, 1.54) is 4.57 Å². The van der Waals surface area contributed by atoms with Gasteiger partial charge in [0.25, 0.3) is 0 Å². The van der Waals surface area contributed by atoms with Gasteiger partial charge in [0.1, 0.15) is 11.3 Å². The Labute approximate surface area is 159 Å². The molecule has 1 aliphatic carbocycles. The summed E-state index contributed by atoms with van der Waals surface area (Å²) in [7, 11) is 1.70. The van der Waals surface area contributed by atoms with Gasteiger partial charge in [-0.2, -0.15) is 4.98 Å². The van der Waals surface area contributed by atoms with Crippen molar-refractivity contribution in [3.8, 4) is 5.75 Å². The molecule has 3 heterocycles. The molecular weight excluding hydrogens is 370 g/mol. The highest BCUT2D eigenvalue weighted by molar-refractivity contribution is 6.33. The second-order valence-electron chi connectivity index (χ2n) is 7.06. The number of aliphatic hydroxyl groups is 1. The number of aromatic nitrogens is 4. The molecule has 0 unspecified atom stereocenters. The fraction of sp³-hybridized carbons (Fsp3) is 0.389. The van der Waals surface area contributed by atoms with Crippen LogP contribution in [0.1, 0.15) is 24.4 Å². The van der Waals surface area contributed by atoms with Gasteiger partial charge in [-0.25, -0.2) is 9.78 Å². The van der Waals surface area contributed by atoms with Crippen molar-refractivity contribution >= 4 is 34.4 Å². The molecule has 8 nitrogen and oxygen atoms in total. The highest BCUT2D eigenvalue weighted by Gasteiger charge is 2.32. The third kappa shape index (κ3) is 2.59. The van der Waals surface area contributed by atoms with Gasteiger partial charge in [0.15, 0.2) is 5.65 Å². The zero-order valence-corrected chi connectivity index (χ0v) is 15.4. The Hall–Kier alpha value is -2.58.